The molecule has 0 bridgehead atoms. The molecule has 3 heterocycles. The molecule has 0 radical (unpaired) electrons. The lowest BCUT2D eigenvalue weighted by molar-refractivity contribution is 0.122. The van der Waals surface area contributed by atoms with Crippen molar-refractivity contribution in [1.82, 2.24) is 9.88 Å². The van der Waals surface area contributed by atoms with Crippen LogP contribution in [0.15, 0.2) is 12.1 Å². The molecule has 5 nitrogen and oxygen atoms in total. The van der Waals surface area contributed by atoms with E-state index in [1.165, 1.54) is 0 Å². The fourth-order valence-electron chi connectivity index (χ4n) is 2.67. The number of ether oxygens (including phenoxy) is 1. The number of nitrogens with zero attached hydrogens (tertiary/aromatic N) is 4. The summed E-state index contributed by atoms with van der Waals surface area (Å²) in [6.45, 7) is 7.46. The molecule has 0 aliphatic carbocycles. The third kappa shape index (κ3) is 3.00. The van der Waals surface area contributed by atoms with E-state index in [1.807, 2.05) is 0 Å². The Kier molecular flexibility index (Phi) is 4.29. The minimum atomic E-state index is 0.600. The molecule has 2 aliphatic heterocycles. The molecule has 20 heavy (non-hydrogen) atoms. The van der Waals surface area contributed by atoms with E-state index < -0.39 is 0 Å². The first-order chi connectivity index (χ1) is 9.74. The van der Waals surface area contributed by atoms with Crippen molar-refractivity contribution in [2.45, 2.75) is 0 Å². The van der Waals surface area contributed by atoms with Crippen LogP contribution in [0.3, 0.4) is 0 Å². The highest BCUT2D eigenvalue weighted by Gasteiger charge is 2.19. The summed E-state index contributed by atoms with van der Waals surface area (Å²) in [5.41, 5.74) is 1.02. The van der Waals surface area contributed by atoms with Gasteiger partial charge < -0.3 is 19.4 Å². The average molecular weight is 297 g/mol. The van der Waals surface area contributed by atoms with Gasteiger partial charge >= 0.3 is 0 Å². The van der Waals surface area contributed by atoms with Gasteiger partial charge in [-0.2, -0.15) is 0 Å². The monoisotopic (exact) mass is 296 g/mol. The quantitative estimate of drug-likeness (QED) is 0.769. The summed E-state index contributed by atoms with van der Waals surface area (Å²) in [5, 5.41) is 0.600. The van der Waals surface area contributed by atoms with Crippen molar-refractivity contribution in [3.05, 3.63) is 17.3 Å². The second kappa shape index (κ2) is 6.16. The molecule has 1 aromatic heterocycles. The third-order valence-corrected chi connectivity index (χ3v) is 4.27. The Morgan fingerprint density at radius 1 is 1.00 bits per heavy atom. The molecule has 0 amide bonds. The number of piperazine rings is 1. The van der Waals surface area contributed by atoms with Gasteiger partial charge in [-0.15, -0.1) is 0 Å². The molecule has 2 aliphatic rings. The summed E-state index contributed by atoms with van der Waals surface area (Å²) < 4.78 is 5.37. The SMILES string of the molecule is CN1CCN(c2ccc(N3CCOCC3)c(Cl)n2)CC1. The van der Waals surface area contributed by atoms with E-state index in [9.17, 15) is 0 Å². The molecular formula is C14H21ClN4O. The lowest BCUT2D eigenvalue weighted by Crippen LogP contribution is -2.44. The summed E-state index contributed by atoms with van der Waals surface area (Å²) in [6, 6.07) is 4.18. The van der Waals surface area contributed by atoms with Crippen molar-refractivity contribution in [3.63, 3.8) is 0 Å². The van der Waals surface area contributed by atoms with Crippen LogP contribution in [-0.4, -0.2) is 69.4 Å². The van der Waals surface area contributed by atoms with E-state index in [1.54, 1.807) is 0 Å². The van der Waals surface area contributed by atoms with Crippen molar-refractivity contribution in [1.29, 1.82) is 0 Å². The van der Waals surface area contributed by atoms with E-state index in [-0.39, 0.29) is 0 Å². The number of rotatable bonds is 2. The number of morpholine rings is 1. The predicted molar refractivity (Wildman–Crippen MR) is 82.0 cm³/mol. The fraction of sp³-hybridized carbons (Fsp3) is 0.643. The van der Waals surface area contributed by atoms with Gasteiger partial charge in [-0.05, 0) is 19.2 Å². The molecule has 0 saturated carbocycles. The van der Waals surface area contributed by atoms with Gasteiger partial charge in [0.1, 0.15) is 5.82 Å². The highest BCUT2D eigenvalue weighted by Crippen LogP contribution is 2.27. The van der Waals surface area contributed by atoms with Crippen molar-refractivity contribution >= 4 is 23.1 Å². The van der Waals surface area contributed by atoms with Crippen LogP contribution in [-0.2, 0) is 4.74 Å². The molecular weight excluding hydrogens is 276 g/mol. The number of likely N-dealkylation sites (N-methyl/N-ethyl adjacent to an activating group) is 1. The second-order valence-corrected chi connectivity index (χ2v) is 5.73. The van der Waals surface area contributed by atoms with Crippen LogP contribution in [0.25, 0.3) is 0 Å². The highest BCUT2D eigenvalue weighted by atomic mass is 35.5. The van der Waals surface area contributed by atoms with Crippen molar-refractivity contribution in [2.75, 3.05) is 69.3 Å². The molecule has 3 rings (SSSR count). The predicted octanol–water partition coefficient (Wildman–Crippen LogP) is 1.32. The fourth-order valence-corrected chi connectivity index (χ4v) is 2.94. The van der Waals surface area contributed by atoms with Gasteiger partial charge in [0.2, 0.25) is 0 Å². The first-order valence-electron chi connectivity index (χ1n) is 7.17. The van der Waals surface area contributed by atoms with Gasteiger partial charge in [0.25, 0.3) is 0 Å². The molecule has 2 fully saturated rings. The van der Waals surface area contributed by atoms with E-state index in [4.69, 9.17) is 16.3 Å². The Balaban J connectivity index is 1.73. The van der Waals surface area contributed by atoms with Crippen LogP contribution in [0.5, 0.6) is 0 Å². The maximum atomic E-state index is 6.38. The number of hydrogen-bond donors (Lipinski definition) is 0. The van der Waals surface area contributed by atoms with Crippen LogP contribution in [0.4, 0.5) is 11.5 Å². The third-order valence-electron chi connectivity index (χ3n) is 3.99. The van der Waals surface area contributed by atoms with E-state index in [0.29, 0.717) is 5.15 Å². The Bertz CT molecular complexity index is 456. The largest absolute Gasteiger partial charge is 0.378 e. The summed E-state index contributed by atoms with van der Waals surface area (Å²) >= 11 is 6.38. The minimum absolute atomic E-state index is 0.600. The van der Waals surface area contributed by atoms with E-state index in [0.717, 1.165) is 64.0 Å². The zero-order valence-corrected chi connectivity index (χ0v) is 12.6. The maximum absolute atomic E-state index is 6.38. The van der Waals surface area contributed by atoms with Crippen LogP contribution >= 0.6 is 11.6 Å². The molecule has 6 heteroatoms. The highest BCUT2D eigenvalue weighted by molar-refractivity contribution is 6.32. The Hall–Kier alpha value is -1.04. The number of aromatic nitrogens is 1. The lowest BCUT2D eigenvalue weighted by atomic mass is 10.3. The van der Waals surface area contributed by atoms with Gasteiger partial charge in [-0.1, -0.05) is 11.6 Å². The first-order valence-corrected chi connectivity index (χ1v) is 7.54. The maximum Gasteiger partial charge on any atom is 0.154 e. The van der Waals surface area contributed by atoms with Gasteiger partial charge in [-0.25, -0.2) is 4.98 Å². The van der Waals surface area contributed by atoms with Crippen molar-refractivity contribution in [2.24, 2.45) is 0 Å². The van der Waals surface area contributed by atoms with Crippen LogP contribution in [0.2, 0.25) is 5.15 Å². The van der Waals surface area contributed by atoms with Crippen LogP contribution in [0, 0.1) is 0 Å². The standard InChI is InChI=1S/C14H21ClN4O/c1-17-4-6-19(7-5-17)13-3-2-12(14(15)16-13)18-8-10-20-11-9-18/h2-3H,4-11H2,1H3. The van der Waals surface area contributed by atoms with Crippen LogP contribution < -0.4 is 9.80 Å². The zero-order chi connectivity index (χ0) is 13.9. The molecule has 1 aromatic rings. The Labute approximate surface area is 125 Å². The van der Waals surface area contributed by atoms with Gasteiger partial charge in [0.05, 0.1) is 18.9 Å². The minimum Gasteiger partial charge on any atom is -0.378 e. The van der Waals surface area contributed by atoms with Gasteiger partial charge in [0, 0.05) is 39.3 Å². The molecule has 0 N–H and O–H groups in total. The molecule has 0 spiro atoms. The lowest BCUT2D eigenvalue weighted by Gasteiger charge is -2.34. The van der Waals surface area contributed by atoms with Gasteiger partial charge in [-0.3, -0.25) is 0 Å². The summed E-state index contributed by atoms with van der Waals surface area (Å²) in [4.78, 5) is 11.5. The molecule has 0 unspecified atom stereocenters. The van der Waals surface area contributed by atoms with Gasteiger partial charge in [0.15, 0.2) is 5.15 Å². The summed E-state index contributed by atoms with van der Waals surface area (Å²) in [7, 11) is 2.15. The second-order valence-electron chi connectivity index (χ2n) is 5.37. The number of halogens is 1. The van der Waals surface area contributed by atoms with E-state index >= 15 is 0 Å². The first kappa shape index (κ1) is 13.9. The van der Waals surface area contributed by atoms with E-state index in [2.05, 4.69) is 38.9 Å². The normalized spacial score (nSPS) is 21.3. The van der Waals surface area contributed by atoms with Crippen LogP contribution in [0.1, 0.15) is 0 Å². The Morgan fingerprint density at radius 3 is 2.35 bits per heavy atom. The summed E-state index contributed by atoms with van der Waals surface area (Å²) in [5.74, 6) is 0.986. The molecule has 0 aromatic carbocycles. The van der Waals surface area contributed by atoms with Crippen molar-refractivity contribution in [3.8, 4) is 0 Å². The average Bonchev–Trinajstić information content (AvgIpc) is 2.49. The smallest absolute Gasteiger partial charge is 0.154 e. The number of hydrogen-bond acceptors (Lipinski definition) is 5. The summed E-state index contributed by atoms with van der Waals surface area (Å²) in [6.07, 6.45) is 0. The molecule has 0 atom stereocenters. The molecule has 110 valence electrons. The molecule has 2 saturated heterocycles. The topological polar surface area (TPSA) is 31.8 Å². The Morgan fingerprint density at radius 2 is 1.70 bits per heavy atom. The number of pyridine rings is 1. The number of anilines is 2. The zero-order valence-electron chi connectivity index (χ0n) is 11.9. The van der Waals surface area contributed by atoms with Crippen molar-refractivity contribution < 1.29 is 4.74 Å².